The Hall–Kier alpha value is -3.81. The summed E-state index contributed by atoms with van der Waals surface area (Å²) in [6, 6.07) is 15.8. The molecular formula is C23H25N3O5. The van der Waals surface area contributed by atoms with Crippen molar-refractivity contribution >= 4 is 5.91 Å². The minimum absolute atomic E-state index is 0.197. The van der Waals surface area contributed by atoms with Gasteiger partial charge in [-0.2, -0.15) is 0 Å². The Bertz CT molecular complexity index is 1060. The lowest BCUT2D eigenvalue weighted by Crippen LogP contribution is -2.38. The lowest BCUT2D eigenvalue weighted by Gasteiger charge is -2.15. The van der Waals surface area contributed by atoms with Gasteiger partial charge in [0.25, 0.3) is 11.5 Å². The van der Waals surface area contributed by atoms with E-state index in [1.165, 1.54) is 17.0 Å². The quantitative estimate of drug-likeness (QED) is 0.569. The Balaban J connectivity index is 1.52. The van der Waals surface area contributed by atoms with Crippen molar-refractivity contribution in [3.05, 3.63) is 71.3 Å². The van der Waals surface area contributed by atoms with Crippen molar-refractivity contribution in [3.63, 3.8) is 0 Å². The van der Waals surface area contributed by atoms with Crippen molar-refractivity contribution in [1.29, 1.82) is 0 Å². The van der Waals surface area contributed by atoms with Crippen molar-refractivity contribution in [2.45, 2.75) is 19.6 Å². The summed E-state index contributed by atoms with van der Waals surface area (Å²) in [6.45, 7) is 2.24. The first-order chi connectivity index (χ1) is 15.0. The summed E-state index contributed by atoms with van der Waals surface area (Å²) in [5.74, 6) is 1.74. The van der Waals surface area contributed by atoms with E-state index in [9.17, 15) is 9.59 Å². The van der Waals surface area contributed by atoms with Gasteiger partial charge in [0.15, 0.2) is 6.10 Å². The van der Waals surface area contributed by atoms with Gasteiger partial charge in [0, 0.05) is 24.7 Å². The maximum Gasteiger partial charge on any atom is 0.260 e. The fraction of sp³-hybridized carbons (Fsp3) is 0.261. The van der Waals surface area contributed by atoms with Crippen LogP contribution in [0.5, 0.6) is 17.2 Å². The standard InChI is InChI=1S/C23H25N3O5/c1-16(31-20-10-8-19(30-3)9-11-20)23(28)24-12-13-26-15-25-21(14-22(26)27)17-4-6-18(29-2)7-5-17/h4-11,14-16H,12-13H2,1-3H3,(H,24,28). The van der Waals surface area contributed by atoms with Crippen LogP contribution in [0.25, 0.3) is 11.3 Å². The monoisotopic (exact) mass is 423 g/mol. The van der Waals surface area contributed by atoms with E-state index in [2.05, 4.69) is 10.3 Å². The zero-order valence-corrected chi connectivity index (χ0v) is 17.7. The molecule has 0 fully saturated rings. The minimum atomic E-state index is -0.680. The first-order valence-corrected chi connectivity index (χ1v) is 9.79. The molecule has 3 aromatic rings. The van der Waals surface area contributed by atoms with E-state index in [1.807, 2.05) is 24.3 Å². The lowest BCUT2D eigenvalue weighted by molar-refractivity contribution is -0.127. The van der Waals surface area contributed by atoms with Gasteiger partial charge in [-0.15, -0.1) is 0 Å². The van der Waals surface area contributed by atoms with E-state index in [-0.39, 0.29) is 18.0 Å². The number of nitrogens with zero attached hydrogens (tertiary/aromatic N) is 2. The van der Waals surface area contributed by atoms with E-state index in [4.69, 9.17) is 14.2 Å². The molecule has 0 saturated heterocycles. The SMILES string of the molecule is COc1ccc(OC(C)C(=O)NCCn2cnc(-c3ccc(OC)cc3)cc2=O)cc1. The maximum atomic E-state index is 12.4. The van der Waals surface area contributed by atoms with E-state index in [0.29, 0.717) is 23.7 Å². The van der Waals surface area contributed by atoms with E-state index in [0.717, 1.165) is 11.3 Å². The highest BCUT2D eigenvalue weighted by molar-refractivity contribution is 5.80. The van der Waals surface area contributed by atoms with Crippen LogP contribution < -0.4 is 25.1 Å². The highest BCUT2D eigenvalue weighted by Crippen LogP contribution is 2.19. The van der Waals surface area contributed by atoms with Crippen molar-refractivity contribution in [3.8, 4) is 28.5 Å². The molecule has 3 rings (SSSR count). The normalized spacial score (nSPS) is 11.5. The summed E-state index contributed by atoms with van der Waals surface area (Å²) in [7, 11) is 3.18. The molecule has 0 saturated carbocycles. The van der Waals surface area contributed by atoms with Gasteiger partial charge in [-0.3, -0.25) is 14.2 Å². The fourth-order valence-electron chi connectivity index (χ4n) is 2.87. The summed E-state index contributed by atoms with van der Waals surface area (Å²) in [4.78, 5) is 29.0. The number of hydrogen-bond acceptors (Lipinski definition) is 6. The van der Waals surface area contributed by atoms with Crippen molar-refractivity contribution in [2.24, 2.45) is 0 Å². The van der Waals surface area contributed by atoms with Gasteiger partial charge < -0.3 is 19.5 Å². The predicted molar refractivity (Wildman–Crippen MR) is 117 cm³/mol. The topological polar surface area (TPSA) is 91.7 Å². The molecule has 1 aromatic heterocycles. The maximum absolute atomic E-state index is 12.4. The molecule has 0 aliphatic rings. The van der Waals surface area contributed by atoms with Crippen LogP contribution in [-0.2, 0) is 11.3 Å². The number of carbonyl (C=O) groups is 1. The van der Waals surface area contributed by atoms with Crippen LogP contribution in [0.3, 0.4) is 0 Å². The third-order valence-electron chi connectivity index (χ3n) is 4.66. The molecule has 8 heteroatoms. The van der Waals surface area contributed by atoms with Crippen molar-refractivity contribution < 1.29 is 19.0 Å². The molecule has 1 amide bonds. The van der Waals surface area contributed by atoms with Gasteiger partial charge in [0.2, 0.25) is 0 Å². The molecular weight excluding hydrogens is 398 g/mol. The first-order valence-electron chi connectivity index (χ1n) is 9.79. The number of carbonyl (C=O) groups excluding carboxylic acids is 1. The first kappa shape index (κ1) is 21.9. The number of amides is 1. The zero-order chi connectivity index (χ0) is 22.2. The number of methoxy groups -OCH3 is 2. The Labute approximate surface area is 180 Å². The summed E-state index contributed by atoms with van der Waals surface area (Å²) < 4.78 is 17.3. The van der Waals surface area contributed by atoms with Crippen molar-refractivity contribution in [1.82, 2.24) is 14.9 Å². The second-order valence-corrected chi connectivity index (χ2v) is 6.76. The number of nitrogens with one attached hydrogen (secondary N) is 1. The molecule has 31 heavy (non-hydrogen) atoms. The van der Waals surface area contributed by atoms with Crippen LogP contribution in [0.4, 0.5) is 0 Å². The van der Waals surface area contributed by atoms with Gasteiger partial charge >= 0.3 is 0 Å². The average Bonchev–Trinajstić information content (AvgIpc) is 2.80. The average molecular weight is 423 g/mol. The highest BCUT2D eigenvalue weighted by Gasteiger charge is 2.14. The smallest absolute Gasteiger partial charge is 0.260 e. The third-order valence-corrected chi connectivity index (χ3v) is 4.66. The third kappa shape index (κ3) is 5.85. The number of hydrogen-bond donors (Lipinski definition) is 1. The second-order valence-electron chi connectivity index (χ2n) is 6.76. The van der Waals surface area contributed by atoms with E-state index < -0.39 is 6.10 Å². The molecule has 0 radical (unpaired) electrons. The van der Waals surface area contributed by atoms with Gasteiger partial charge in [0.05, 0.1) is 26.2 Å². The Kier molecular flexibility index (Phi) is 7.26. The van der Waals surface area contributed by atoms with E-state index in [1.54, 1.807) is 45.4 Å². The molecule has 0 aliphatic carbocycles. The fourth-order valence-corrected chi connectivity index (χ4v) is 2.87. The van der Waals surface area contributed by atoms with Gasteiger partial charge in [0.1, 0.15) is 17.2 Å². The molecule has 8 nitrogen and oxygen atoms in total. The minimum Gasteiger partial charge on any atom is -0.497 e. The number of rotatable bonds is 9. The van der Waals surface area contributed by atoms with Crippen molar-refractivity contribution in [2.75, 3.05) is 20.8 Å². The van der Waals surface area contributed by atoms with Gasteiger partial charge in [-0.05, 0) is 55.5 Å². The van der Waals surface area contributed by atoms with Crippen LogP contribution in [-0.4, -0.2) is 42.3 Å². The van der Waals surface area contributed by atoms with Crippen LogP contribution in [0.1, 0.15) is 6.92 Å². The lowest BCUT2D eigenvalue weighted by atomic mass is 10.1. The van der Waals surface area contributed by atoms with Crippen LogP contribution in [0.2, 0.25) is 0 Å². The molecule has 1 atom stereocenters. The molecule has 2 aromatic carbocycles. The molecule has 1 unspecified atom stereocenters. The molecule has 0 aliphatic heterocycles. The van der Waals surface area contributed by atoms with Gasteiger partial charge in [-0.1, -0.05) is 0 Å². The zero-order valence-electron chi connectivity index (χ0n) is 17.7. The number of ether oxygens (including phenoxy) is 3. The summed E-state index contributed by atoms with van der Waals surface area (Å²) in [5.41, 5.74) is 1.20. The second kappa shape index (κ2) is 10.3. The number of benzene rings is 2. The van der Waals surface area contributed by atoms with E-state index >= 15 is 0 Å². The molecule has 1 N–H and O–H groups in total. The summed E-state index contributed by atoms with van der Waals surface area (Å²) >= 11 is 0. The molecule has 1 heterocycles. The molecule has 0 bridgehead atoms. The van der Waals surface area contributed by atoms with Gasteiger partial charge in [-0.25, -0.2) is 4.98 Å². The molecule has 0 spiro atoms. The summed E-state index contributed by atoms with van der Waals surface area (Å²) in [6.07, 6.45) is 0.798. The largest absolute Gasteiger partial charge is 0.497 e. The highest BCUT2D eigenvalue weighted by atomic mass is 16.5. The van der Waals surface area contributed by atoms with Crippen LogP contribution >= 0.6 is 0 Å². The number of aromatic nitrogens is 2. The Morgan fingerprint density at radius 2 is 1.58 bits per heavy atom. The van der Waals surface area contributed by atoms with Crippen LogP contribution in [0.15, 0.2) is 65.7 Å². The van der Waals surface area contributed by atoms with Crippen LogP contribution in [0, 0.1) is 0 Å². The predicted octanol–water partition coefficient (Wildman–Crippen LogP) is 2.51. The molecule has 162 valence electrons. The Morgan fingerprint density at radius 1 is 1.00 bits per heavy atom. The Morgan fingerprint density at radius 3 is 2.16 bits per heavy atom. The summed E-state index contributed by atoms with van der Waals surface area (Å²) in [5, 5.41) is 2.77.